The molecule has 17 heavy (non-hydrogen) atoms. The zero-order valence-electron chi connectivity index (χ0n) is 11.1. The lowest BCUT2D eigenvalue weighted by molar-refractivity contribution is -0.148. The molecule has 4 atom stereocenters. The van der Waals surface area contributed by atoms with Crippen LogP contribution in [0.25, 0.3) is 0 Å². The van der Waals surface area contributed by atoms with E-state index >= 15 is 0 Å². The zero-order chi connectivity index (χ0) is 13.0. The molecule has 0 saturated carbocycles. The van der Waals surface area contributed by atoms with Crippen LogP contribution >= 0.6 is 11.8 Å². The number of hydrogen-bond donors (Lipinski definition) is 0. The highest BCUT2D eigenvalue weighted by molar-refractivity contribution is 8.00. The normalized spacial score (nSPS) is 32.5. The molecule has 0 aliphatic carbocycles. The van der Waals surface area contributed by atoms with Crippen LogP contribution in [-0.2, 0) is 14.3 Å². The third-order valence-electron chi connectivity index (χ3n) is 2.88. The van der Waals surface area contributed by atoms with Crippen LogP contribution in [-0.4, -0.2) is 29.4 Å². The van der Waals surface area contributed by atoms with E-state index in [0.29, 0.717) is 0 Å². The summed E-state index contributed by atoms with van der Waals surface area (Å²) in [6, 6.07) is 0. The molecule has 0 spiro atoms. The van der Waals surface area contributed by atoms with Gasteiger partial charge in [-0.3, -0.25) is 4.79 Å². The fourth-order valence-electron chi connectivity index (χ4n) is 2.01. The van der Waals surface area contributed by atoms with Gasteiger partial charge in [-0.2, -0.15) is 0 Å². The Morgan fingerprint density at radius 2 is 2.12 bits per heavy atom. The van der Waals surface area contributed by atoms with Crippen LogP contribution in [0.5, 0.6) is 0 Å². The summed E-state index contributed by atoms with van der Waals surface area (Å²) < 4.78 is 11.3. The van der Waals surface area contributed by atoms with Crippen molar-refractivity contribution in [2.75, 3.05) is 5.75 Å². The zero-order valence-corrected chi connectivity index (χ0v) is 11.9. The predicted octanol–water partition coefficient (Wildman–Crippen LogP) is 3.00. The van der Waals surface area contributed by atoms with Gasteiger partial charge in [0, 0.05) is 18.6 Å². The number of rotatable bonds is 5. The first-order chi connectivity index (χ1) is 7.95. The molecule has 0 aromatic rings. The van der Waals surface area contributed by atoms with Gasteiger partial charge in [-0.25, -0.2) is 0 Å². The maximum Gasteiger partial charge on any atom is 0.303 e. The highest BCUT2D eigenvalue weighted by Gasteiger charge is 2.43. The Morgan fingerprint density at radius 3 is 2.59 bits per heavy atom. The molecule has 1 aliphatic rings. The topological polar surface area (TPSA) is 35.5 Å². The lowest BCUT2D eigenvalue weighted by atomic mass is 10.00. The Morgan fingerprint density at radius 1 is 1.47 bits per heavy atom. The van der Waals surface area contributed by atoms with Gasteiger partial charge in [-0.15, -0.1) is 11.8 Å². The molecule has 1 saturated heterocycles. The van der Waals surface area contributed by atoms with Crippen molar-refractivity contribution in [2.45, 2.75) is 51.8 Å². The number of carbonyl (C=O) groups is 1. The van der Waals surface area contributed by atoms with Crippen LogP contribution in [0.15, 0.2) is 12.2 Å². The molecule has 3 nitrogen and oxygen atoms in total. The van der Waals surface area contributed by atoms with Gasteiger partial charge in [0.15, 0.2) is 0 Å². The minimum atomic E-state index is -0.233. The quantitative estimate of drug-likeness (QED) is 0.561. The van der Waals surface area contributed by atoms with Crippen molar-refractivity contribution in [3.8, 4) is 0 Å². The minimum absolute atomic E-state index is 0.0597. The first-order valence-electron chi connectivity index (χ1n) is 6.04. The minimum Gasteiger partial charge on any atom is -0.458 e. The van der Waals surface area contributed by atoms with Crippen LogP contribution in [0.4, 0.5) is 0 Å². The first-order valence-corrected chi connectivity index (χ1v) is 7.09. The second kappa shape index (κ2) is 6.45. The van der Waals surface area contributed by atoms with E-state index in [1.165, 1.54) is 6.92 Å². The first kappa shape index (κ1) is 14.6. The molecule has 1 fully saturated rings. The van der Waals surface area contributed by atoms with E-state index in [-0.39, 0.29) is 29.5 Å². The Labute approximate surface area is 108 Å². The SMILES string of the molecule is C=C(C)CSC1O[C@H](CC)[C@@H](C)[C@H]1OC(C)=O. The predicted molar refractivity (Wildman–Crippen MR) is 70.9 cm³/mol. The van der Waals surface area contributed by atoms with E-state index < -0.39 is 0 Å². The third-order valence-corrected chi connectivity index (χ3v) is 4.25. The Bertz CT molecular complexity index is 290. The van der Waals surface area contributed by atoms with E-state index in [2.05, 4.69) is 20.4 Å². The third kappa shape index (κ3) is 4.03. The largest absolute Gasteiger partial charge is 0.458 e. The van der Waals surface area contributed by atoms with E-state index in [0.717, 1.165) is 17.7 Å². The summed E-state index contributed by atoms with van der Waals surface area (Å²) >= 11 is 1.67. The van der Waals surface area contributed by atoms with Crippen molar-refractivity contribution < 1.29 is 14.3 Å². The molecule has 1 aliphatic heterocycles. The average Bonchev–Trinajstić information content (AvgIpc) is 2.53. The summed E-state index contributed by atoms with van der Waals surface area (Å²) in [4.78, 5) is 11.1. The number of ether oxygens (including phenoxy) is 2. The lowest BCUT2D eigenvalue weighted by Crippen LogP contribution is -2.29. The van der Waals surface area contributed by atoms with Gasteiger partial charge in [-0.1, -0.05) is 26.0 Å². The maximum absolute atomic E-state index is 11.1. The Balaban J connectivity index is 2.64. The van der Waals surface area contributed by atoms with Gasteiger partial charge in [-0.05, 0) is 13.3 Å². The molecule has 0 N–H and O–H groups in total. The highest BCUT2D eigenvalue weighted by atomic mass is 32.2. The van der Waals surface area contributed by atoms with Crippen LogP contribution in [0, 0.1) is 5.92 Å². The van der Waals surface area contributed by atoms with E-state index in [1.54, 1.807) is 11.8 Å². The summed E-state index contributed by atoms with van der Waals surface area (Å²) in [6.45, 7) is 11.5. The van der Waals surface area contributed by atoms with Crippen LogP contribution in [0.1, 0.15) is 34.1 Å². The van der Waals surface area contributed by atoms with Crippen LogP contribution in [0.2, 0.25) is 0 Å². The van der Waals surface area contributed by atoms with Crippen molar-refractivity contribution in [1.82, 2.24) is 0 Å². The van der Waals surface area contributed by atoms with E-state index in [1.807, 2.05) is 6.92 Å². The Kier molecular flexibility index (Phi) is 5.53. The van der Waals surface area contributed by atoms with Crippen molar-refractivity contribution in [2.24, 2.45) is 5.92 Å². The molecular weight excluding hydrogens is 236 g/mol. The molecule has 1 unspecified atom stereocenters. The molecule has 0 aromatic heterocycles. The Hall–Kier alpha value is -0.480. The summed E-state index contributed by atoms with van der Waals surface area (Å²) in [5.74, 6) is 0.862. The maximum atomic E-state index is 11.1. The molecule has 98 valence electrons. The molecule has 0 aromatic carbocycles. The molecule has 0 amide bonds. The second-order valence-corrected chi connectivity index (χ2v) is 5.74. The molecule has 4 heteroatoms. The van der Waals surface area contributed by atoms with Gasteiger partial charge < -0.3 is 9.47 Å². The number of thioether (sulfide) groups is 1. The van der Waals surface area contributed by atoms with E-state index in [4.69, 9.17) is 9.47 Å². The van der Waals surface area contributed by atoms with Crippen molar-refractivity contribution in [1.29, 1.82) is 0 Å². The van der Waals surface area contributed by atoms with Gasteiger partial charge in [0.05, 0.1) is 6.10 Å². The van der Waals surface area contributed by atoms with Gasteiger partial charge in [0.2, 0.25) is 0 Å². The number of carbonyl (C=O) groups excluding carboxylic acids is 1. The molecular formula is C13H22O3S. The summed E-state index contributed by atoms with van der Waals surface area (Å²) in [7, 11) is 0. The fraction of sp³-hybridized carbons (Fsp3) is 0.769. The monoisotopic (exact) mass is 258 g/mol. The average molecular weight is 258 g/mol. The second-order valence-electron chi connectivity index (χ2n) is 4.65. The molecule has 1 heterocycles. The number of esters is 1. The summed E-state index contributed by atoms with van der Waals surface area (Å²) in [5, 5.41) is 0. The lowest BCUT2D eigenvalue weighted by Gasteiger charge is -2.20. The van der Waals surface area contributed by atoms with Gasteiger partial charge >= 0.3 is 5.97 Å². The summed E-state index contributed by atoms with van der Waals surface area (Å²) in [6.07, 6.45) is 0.993. The fourth-order valence-corrected chi connectivity index (χ4v) is 3.18. The van der Waals surface area contributed by atoms with Gasteiger partial charge in [0.25, 0.3) is 0 Å². The van der Waals surface area contributed by atoms with Crippen molar-refractivity contribution in [3.05, 3.63) is 12.2 Å². The highest BCUT2D eigenvalue weighted by Crippen LogP contribution is 2.37. The van der Waals surface area contributed by atoms with Crippen LogP contribution < -0.4 is 0 Å². The van der Waals surface area contributed by atoms with Crippen molar-refractivity contribution in [3.63, 3.8) is 0 Å². The number of hydrogen-bond acceptors (Lipinski definition) is 4. The van der Waals surface area contributed by atoms with Crippen LogP contribution in [0.3, 0.4) is 0 Å². The molecule has 0 bridgehead atoms. The van der Waals surface area contributed by atoms with E-state index in [9.17, 15) is 4.79 Å². The standard InChI is InChI=1S/C13H22O3S/c1-6-11-9(4)12(15-10(5)14)13(16-11)17-7-8(2)3/h9,11-13H,2,6-7H2,1,3-5H3/t9-,11-,12-,13?/m1/s1. The smallest absolute Gasteiger partial charge is 0.303 e. The van der Waals surface area contributed by atoms with Gasteiger partial charge in [0.1, 0.15) is 11.5 Å². The van der Waals surface area contributed by atoms with Crippen molar-refractivity contribution >= 4 is 17.7 Å². The molecule has 1 rings (SSSR count). The summed E-state index contributed by atoms with van der Waals surface area (Å²) in [5.41, 5.74) is 1.04. The molecule has 0 radical (unpaired) electrons.